The van der Waals surface area contributed by atoms with Crippen LogP contribution in [0.2, 0.25) is 0 Å². The predicted octanol–water partition coefficient (Wildman–Crippen LogP) is 4.10. The Labute approximate surface area is 128 Å². The van der Waals surface area contributed by atoms with Crippen molar-refractivity contribution in [1.82, 2.24) is 4.98 Å². The predicted molar refractivity (Wildman–Crippen MR) is 78.3 cm³/mol. The van der Waals surface area contributed by atoms with Gasteiger partial charge >= 0.3 is 5.97 Å². The first-order valence-corrected chi connectivity index (χ1v) is 7.59. The molecule has 3 rings (SSSR count). The highest BCUT2D eigenvalue weighted by molar-refractivity contribution is 5.72. The molecule has 0 radical (unpaired) electrons. The summed E-state index contributed by atoms with van der Waals surface area (Å²) in [5.74, 6) is 0.429. The molecule has 1 aliphatic carbocycles. The van der Waals surface area contributed by atoms with Crippen molar-refractivity contribution < 1.29 is 18.3 Å². The average Bonchev–Trinajstić information content (AvgIpc) is 3.03. The van der Waals surface area contributed by atoms with Crippen LogP contribution in [0.1, 0.15) is 38.0 Å². The van der Waals surface area contributed by atoms with Crippen LogP contribution in [0.5, 0.6) is 0 Å². The summed E-state index contributed by atoms with van der Waals surface area (Å²) >= 11 is 0. The number of oxazole rings is 1. The highest BCUT2D eigenvalue weighted by Gasteiger charge is 2.22. The number of benzene rings is 1. The molecule has 0 aliphatic heterocycles. The van der Waals surface area contributed by atoms with E-state index < -0.39 is 0 Å². The van der Waals surface area contributed by atoms with Crippen LogP contribution in [0, 0.1) is 11.7 Å². The Morgan fingerprint density at radius 3 is 2.68 bits per heavy atom. The first-order chi connectivity index (χ1) is 10.7. The van der Waals surface area contributed by atoms with Gasteiger partial charge in [-0.3, -0.25) is 4.79 Å². The van der Waals surface area contributed by atoms with Gasteiger partial charge in [0.1, 0.15) is 5.82 Å². The first-order valence-electron chi connectivity index (χ1n) is 7.59. The minimum Gasteiger partial charge on any atom is -0.455 e. The van der Waals surface area contributed by atoms with E-state index in [1.165, 1.54) is 18.6 Å². The normalized spacial score (nSPS) is 15.7. The van der Waals surface area contributed by atoms with Crippen LogP contribution < -0.4 is 0 Å². The molecule has 5 heteroatoms. The summed E-state index contributed by atoms with van der Waals surface area (Å²) in [6.45, 7) is 0.0382. The number of carbonyl (C=O) groups excluding carboxylic acids is 1. The minimum atomic E-state index is -0.301. The highest BCUT2D eigenvalue weighted by Crippen LogP contribution is 2.25. The third kappa shape index (κ3) is 3.53. The van der Waals surface area contributed by atoms with Crippen molar-refractivity contribution in [3.63, 3.8) is 0 Å². The maximum absolute atomic E-state index is 12.9. The molecule has 0 saturated heterocycles. The number of nitrogens with zero attached hydrogens (tertiary/aromatic N) is 1. The number of ether oxygens (including phenoxy) is 1. The molecule has 0 bridgehead atoms. The molecule has 4 nitrogen and oxygen atoms in total. The van der Waals surface area contributed by atoms with Crippen molar-refractivity contribution in [3.05, 3.63) is 42.2 Å². The van der Waals surface area contributed by atoms with Crippen molar-refractivity contribution in [3.8, 4) is 11.3 Å². The summed E-state index contributed by atoms with van der Waals surface area (Å²) in [5.41, 5.74) is 0.735. The van der Waals surface area contributed by atoms with Gasteiger partial charge in [0.2, 0.25) is 5.89 Å². The summed E-state index contributed by atoms with van der Waals surface area (Å²) in [6, 6.07) is 5.96. The number of hydrogen-bond donors (Lipinski definition) is 0. The molecule has 0 N–H and O–H groups in total. The summed E-state index contributed by atoms with van der Waals surface area (Å²) < 4.78 is 23.7. The van der Waals surface area contributed by atoms with Crippen LogP contribution in [0.15, 0.2) is 34.9 Å². The Morgan fingerprint density at radius 1 is 1.23 bits per heavy atom. The quantitative estimate of drug-likeness (QED) is 0.798. The maximum atomic E-state index is 12.9. The second-order valence-corrected chi connectivity index (χ2v) is 5.57. The Kier molecular flexibility index (Phi) is 4.51. The van der Waals surface area contributed by atoms with Crippen LogP contribution in [0.3, 0.4) is 0 Å². The van der Waals surface area contributed by atoms with Gasteiger partial charge in [-0.1, -0.05) is 19.3 Å². The van der Waals surface area contributed by atoms with E-state index in [4.69, 9.17) is 9.15 Å². The Bertz CT molecular complexity index is 630. The lowest BCUT2D eigenvalue weighted by atomic mass is 9.89. The third-order valence-electron chi connectivity index (χ3n) is 3.96. The molecule has 1 aromatic carbocycles. The first kappa shape index (κ1) is 14.8. The topological polar surface area (TPSA) is 52.3 Å². The fourth-order valence-corrected chi connectivity index (χ4v) is 2.71. The number of carbonyl (C=O) groups is 1. The molecule has 1 aromatic heterocycles. The number of hydrogen-bond acceptors (Lipinski definition) is 4. The van der Waals surface area contributed by atoms with E-state index in [9.17, 15) is 9.18 Å². The average molecular weight is 303 g/mol. The smallest absolute Gasteiger partial charge is 0.309 e. The van der Waals surface area contributed by atoms with Gasteiger partial charge in [-0.2, -0.15) is 0 Å². The van der Waals surface area contributed by atoms with E-state index in [0.29, 0.717) is 11.7 Å². The zero-order chi connectivity index (χ0) is 15.4. The molecule has 116 valence electrons. The second-order valence-electron chi connectivity index (χ2n) is 5.57. The standard InChI is InChI=1S/C17H18FNO3/c18-14-8-6-12(7-9-14)15-10-19-16(22-15)11-21-17(20)13-4-2-1-3-5-13/h6-10,13H,1-5,11H2. The molecule has 22 heavy (non-hydrogen) atoms. The Balaban J connectivity index is 1.57. The number of aromatic nitrogens is 1. The molecule has 2 aromatic rings. The van der Waals surface area contributed by atoms with E-state index in [0.717, 1.165) is 31.2 Å². The van der Waals surface area contributed by atoms with E-state index >= 15 is 0 Å². The minimum absolute atomic E-state index is 0.0141. The van der Waals surface area contributed by atoms with Crippen LogP contribution in [0.4, 0.5) is 4.39 Å². The molecule has 0 spiro atoms. The fraction of sp³-hybridized carbons (Fsp3) is 0.412. The molecule has 1 fully saturated rings. The molecule has 0 atom stereocenters. The Morgan fingerprint density at radius 2 is 1.95 bits per heavy atom. The molecule has 1 heterocycles. The van der Waals surface area contributed by atoms with Crippen LogP contribution >= 0.6 is 0 Å². The van der Waals surface area contributed by atoms with Crippen molar-refractivity contribution >= 4 is 5.97 Å². The molecular formula is C17H18FNO3. The van der Waals surface area contributed by atoms with Crippen molar-refractivity contribution in [2.45, 2.75) is 38.7 Å². The second kappa shape index (κ2) is 6.73. The zero-order valence-electron chi connectivity index (χ0n) is 12.3. The van der Waals surface area contributed by atoms with Gasteiger partial charge in [0.15, 0.2) is 12.4 Å². The summed E-state index contributed by atoms with van der Waals surface area (Å²) in [7, 11) is 0. The van der Waals surface area contributed by atoms with Crippen molar-refractivity contribution in [1.29, 1.82) is 0 Å². The number of rotatable bonds is 4. The maximum Gasteiger partial charge on any atom is 0.309 e. The largest absolute Gasteiger partial charge is 0.455 e. The van der Waals surface area contributed by atoms with Crippen molar-refractivity contribution in [2.24, 2.45) is 5.92 Å². The van der Waals surface area contributed by atoms with Gasteiger partial charge in [-0.15, -0.1) is 0 Å². The van der Waals surface area contributed by atoms with Gasteiger partial charge in [-0.05, 0) is 37.1 Å². The van der Waals surface area contributed by atoms with Gasteiger partial charge < -0.3 is 9.15 Å². The molecule has 1 saturated carbocycles. The van der Waals surface area contributed by atoms with Gasteiger partial charge in [0.05, 0.1) is 12.1 Å². The van der Waals surface area contributed by atoms with Crippen molar-refractivity contribution in [2.75, 3.05) is 0 Å². The molecule has 1 aliphatic rings. The lowest BCUT2D eigenvalue weighted by molar-refractivity contribution is -0.151. The highest BCUT2D eigenvalue weighted by atomic mass is 19.1. The van der Waals surface area contributed by atoms with E-state index in [-0.39, 0.29) is 24.3 Å². The molecule has 0 amide bonds. The van der Waals surface area contributed by atoms with Crippen LogP contribution in [-0.2, 0) is 16.1 Å². The molecular weight excluding hydrogens is 285 g/mol. The summed E-state index contributed by atoms with van der Waals surface area (Å²) in [4.78, 5) is 16.0. The fourth-order valence-electron chi connectivity index (χ4n) is 2.71. The molecule has 0 unspecified atom stereocenters. The monoisotopic (exact) mass is 303 g/mol. The van der Waals surface area contributed by atoms with E-state index in [1.807, 2.05) is 0 Å². The van der Waals surface area contributed by atoms with Gasteiger partial charge in [0, 0.05) is 5.56 Å². The lowest BCUT2D eigenvalue weighted by Gasteiger charge is -2.19. The summed E-state index contributed by atoms with van der Waals surface area (Å²) in [5, 5.41) is 0. The summed E-state index contributed by atoms with van der Waals surface area (Å²) in [6.07, 6.45) is 6.75. The van der Waals surface area contributed by atoms with Crippen LogP contribution in [-0.4, -0.2) is 11.0 Å². The van der Waals surface area contributed by atoms with Crippen LogP contribution in [0.25, 0.3) is 11.3 Å². The van der Waals surface area contributed by atoms with Gasteiger partial charge in [-0.25, -0.2) is 9.37 Å². The van der Waals surface area contributed by atoms with E-state index in [1.54, 1.807) is 18.3 Å². The zero-order valence-corrected chi connectivity index (χ0v) is 12.3. The Hall–Kier alpha value is -2.17. The number of esters is 1. The number of halogens is 1. The third-order valence-corrected chi connectivity index (χ3v) is 3.96. The van der Waals surface area contributed by atoms with E-state index in [2.05, 4.69) is 4.98 Å². The van der Waals surface area contributed by atoms with Gasteiger partial charge in [0.25, 0.3) is 0 Å². The SMILES string of the molecule is O=C(OCc1ncc(-c2ccc(F)cc2)o1)C1CCCCC1. The lowest BCUT2D eigenvalue weighted by Crippen LogP contribution is -2.20.